The van der Waals surface area contributed by atoms with Gasteiger partial charge in [0.05, 0.1) is 0 Å². The van der Waals surface area contributed by atoms with Gasteiger partial charge in [-0.05, 0) is 36.4 Å². The van der Waals surface area contributed by atoms with Crippen LogP contribution in [0.3, 0.4) is 0 Å². The van der Waals surface area contributed by atoms with Gasteiger partial charge in [0, 0.05) is 11.4 Å². The Bertz CT molecular complexity index is 582. The molecule has 1 amide bonds. The summed E-state index contributed by atoms with van der Waals surface area (Å²) in [5, 5.41) is 11.2. The largest absolute Gasteiger partial charge is 0.411 e. The molecule has 2 rings (SSSR count). The van der Waals surface area contributed by atoms with Crippen LogP contribution < -0.4 is 4.90 Å². The summed E-state index contributed by atoms with van der Waals surface area (Å²) >= 11 is 0. The first-order chi connectivity index (χ1) is 9.22. The molecule has 19 heavy (non-hydrogen) atoms. The number of hydrogen-bond acceptors (Lipinski definition) is 3. The fourth-order valence-electron chi connectivity index (χ4n) is 1.68. The molecule has 96 valence electrons. The lowest BCUT2D eigenvalue weighted by molar-refractivity contribution is -0.111. The van der Waals surface area contributed by atoms with Crippen molar-refractivity contribution in [3.05, 3.63) is 60.4 Å². The standard InChI is InChI=1S/C14H11FN2O2/c15-11-6-8-13(9-7-11)17(14(18)10-16-19)12-4-2-1-3-5-12/h1-10,19H/b16-10+. The number of halogens is 1. The monoisotopic (exact) mass is 258 g/mol. The van der Waals surface area contributed by atoms with E-state index in [0.29, 0.717) is 11.4 Å². The van der Waals surface area contributed by atoms with E-state index in [1.165, 1.54) is 29.2 Å². The number of anilines is 2. The molecule has 0 aliphatic carbocycles. The van der Waals surface area contributed by atoms with Crippen LogP contribution in [0.5, 0.6) is 0 Å². The van der Waals surface area contributed by atoms with Crippen LogP contribution in [0.15, 0.2) is 59.8 Å². The summed E-state index contributed by atoms with van der Waals surface area (Å²) in [6, 6.07) is 14.3. The molecule has 0 aliphatic heterocycles. The van der Waals surface area contributed by atoms with Gasteiger partial charge in [-0.25, -0.2) is 4.39 Å². The zero-order valence-electron chi connectivity index (χ0n) is 9.90. The smallest absolute Gasteiger partial charge is 0.277 e. The van der Waals surface area contributed by atoms with E-state index in [4.69, 9.17) is 5.21 Å². The Hall–Kier alpha value is -2.69. The van der Waals surface area contributed by atoms with E-state index in [9.17, 15) is 9.18 Å². The lowest BCUT2D eigenvalue weighted by Gasteiger charge is -2.20. The number of benzene rings is 2. The Balaban J connectivity index is 2.45. The summed E-state index contributed by atoms with van der Waals surface area (Å²) in [7, 11) is 0. The first-order valence-electron chi connectivity index (χ1n) is 5.54. The van der Waals surface area contributed by atoms with E-state index in [2.05, 4.69) is 5.16 Å². The molecular formula is C14H11FN2O2. The molecule has 0 saturated carbocycles. The Labute approximate surface area is 109 Å². The maximum Gasteiger partial charge on any atom is 0.277 e. The van der Waals surface area contributed by atoms with Gasteiger partial charge in [-0.1, -0.05) is 23.4 Å². The van der Waals surface area contributed by atoms with Crippen molar-refractivity contribution in [1.82, 2.24) is 0 Å². The molecule has 2 aromatic carbocycles. The molecule has 0 unspecified atom stereocenters. The molecule has 1 N–H and O–H groups in total. The van der Waals surface area contributed by atoms with Crippen molar-refractivity contribution in [2.45, 2.75) is 0 Å². The minimum Gasteiger partial charge on any atom is -0.411 e. The highest BCUT2D eigenvalue weighted by atomic mass is 19.1. The first kappa shape index (κ1) is 12.8. The Morgan fingerprint density at radius 1 is 1.05 bits per heavy atom. The van der Waals surface area contributed by atoms with Crippen LogP contribution in [-0.4, -0.2) is 17.3 Å². The summed E-state index contributed by atoms with van der Waals surface area (Å²) in [5.74, 6) is -0.916. The van der Waals surface area contributed by atoms with E-state index >= 15 is 0 Å². The average molecular weight is 258 g/mol. The molecule has 5 heteroatoms. The molecule has 2 aromatic rings. The van der Waals surface area contributed by atoms with Crippen LogP contribution in [0.1, 0.15) is 0 Å². The van der Waals surface area contributed by atoms with Crippen LogP contribution in [-0.2, 0) is 4.79 Å². The average Bonchev–Trinajstić information content (AvgIpc) is 2.43. The number of carbonyl (C=O) groups excluding carboxylic acids is 1. The number of carbonyl (C=O) groups is 1. The molecule has 0 fully saturated rings. The third kappa shape index (κ3) is 2.95. The Morgan fingerprint density at radius 2 is 1.63 bits per heavy atom. The second kappa shape index (κ2) is 5.77. The highest BCUT2D eigenvalue weighted by Crippen LogP contribution is 2.25. The normalized spacial score (nSPS) is 10.6. The van der Waals surface area contributed by atoms with Crippen LogP contribution in [0.2, 0.25) is 0 Å². The molecule has 0 bridgehead atoms. The van der Waals surface area contributed by atoms with Gasteiger partial charge in [0.25, 0.3) is 5.91 Å². The minimum atomic E-state index is -0.527. The van der Waals surface area contributed by atoms with E-state index in [1.807, 2.05) is 6.07 Å². The van der Waals surface area contributed by atoms with Crippen molar-refractivity contribution >= 4 is 23.5 Å². The number of hydrogen-bond donors (Lipinski definition) is 1. The van der Waals surface area contributed by atoms with Crippen molar-refractivity contribution in [3.63, 3.8) is 0 Å². The second-order valence-corrected chi connectivity index (χ2v) is 3.73. The van der Waals surface area contributed by atoms with E-state index in [1.54, 1.807) is 24.3 Å². The van der Waals surface area contributed by atoms with Crippen molar-refractivity contribution in [3.8, 4) is 0 Å². The molecule has 0 radical (unpaired) electrons. The maximum atomic E-state index is 12.9. The van der Waals surface area contributed by atoms with Crippen LogP contribution in [0, 0.1) is 5.82 Å². The predicted molar refractivity (Wildman–Crippen MR) is 70.3 cm³/mol. The molecule has 0 saturated heterocycles. The molecular weight excluding hydrogens is 247 g/mol. The maximum absolute atomic E-state index is 12.9. The Morgan fingerprint density at radius 3 is 2.21 bits per heavy atom. The van der Waals surface area contributed by atoms with Gasteiger partial charge in [0.15, 0.2) is 0 Å². The highest BCUT2D eigenvalue weighted by Gasteiger charge is 2.16. The van der Waals surface area contributed by atoms with Crippen molar-refractivity contribution < 1.29 is 14.4 Å². The van der Waals surface area contributed by atoms with Gasteiger partial charge in [-0.2, -0.15) is 0 Å². The quantitative estimate of drug-likeness (QED) is 0.522. The van der Waals surface area contributed by atoms with Crippen molar-refractivity contribution in [2.24, 2.45) is 5.16 Å². The van der Waals surface area contributed by atoms with Gasteiger partial charge in [0.1, 0.15) is 12.0 Å². The molecule has 0 aliphatic rings. The van der Waals surface area contributed by atoms with E-state index < -0.39 is 5.91 Å². The SMILES string of the molecule is O=C(/C=N/O)N(c1ccccc1)c1ccc(F)cc1. The summed E-state index contributed by atoms with van der Waals surface area (Å²) in [6.07, 6.45) is 0.788. The van der Waals surface area contributed by atoms with Gasteiger partial charge in [-0.3, -0.25) is 9.69 Å². The van der Waals surface area contributed by atoms with Crippen LogP contribution in [0.4, 0.5) is 15.8 Å². The summed E-state index contributed by atoms with van der Waals surface area (Å²) in [5.41, 5.74) is 1.08. The van der Waals surface area contributed by atoms with Gasteiger partial charge < -0.3 is 5.21 Å². The second-order valence-electron chi connectivity index (χ2n) is 3.73. The zero-order valence-corrected chi connectivity index (χ0v) is 9.90. The lowest BCUT2D eigenvalue weighted by atomic mass is 10.2. The van der Waals surface area contributed by atoms with Crippen molar-refractivity contribution in [1.29, 1.82) is 0 Å². The van der Waals surface area contributed by atoms with Gasteiger partial charge in [0.2, 0.25) is 0 Å². The third-order valence-electron chi connectivity index (χ3n) is 2.49. The van der Waals surface area contributed by atoms with E-state index in [0.717, 1.165) is 6.21 Å². The van der Waals surface area contributed by atoms with Crippen molar-refractivity contribution in [2.75, 3.05) is 4.90 Å². The molecule has 0 aromatic heterocycles. The molecule has 4 nitrogen and oxygen atoms in total. The molecule has 0 atom stereocenters. The summed E-state index contributed by atoms with van der Waals surface area (Å²) in [6.45, 7) is 0. The number of oxime groups is 1. The fraction of sp³-hybridized carbons (Fsp3) is 0. The first-order valence-corrected chi connectivity index (χ1v) is 5.54. The molecule has 0 spiro atoms. The van der Waals surface area contributed by atoms with Gasteiger partial charge in [-0.15, -0.1) is 0 Å². The van der Waals surface area contributed by atoms with E-state index in [-0.39, 0.29) is 5.82 Å². The molecule has 0 heterocycles. The topological polar surface area (TPSA) is 52.9 Å². The number of nitrogens with zero attached hydrogens (tertiary/aromatic N) is 2. The third-order valence-corrected chi connectivity index (χ3v) is 2.49. The lowest BCUT2D eigenvalue weighted by Crippen LogP contribution is -2.26. The van der Waals surface area contributed by atoms with Crippen LogP contribution >= 0.6 is 0 Å². The highest BCUT2D eigenvalue weighted by molar-refractivity contribution is 6.34. The minimum absolute atomic E-state index is 0.389. The Kier molecular flexibility index (Phi) is 3.87. The predicted octanol–water partition coefficient (Wildman–Crippen LogP) is 2.95. The fourth-order valence-corrected chi connectivity index (χ4v) is 1.68. The number of para-hydroxylation sites is 1. The number of rotatable bonds is 3. The summed E-state index contributed by atoms with van der Waals surface area (Å²) < 4.78 is 12.9. The number of amides is 1. The van der Waals surface area contributed by atoms with Crippen LogP contribution in [0.25, 0.3) is 0 Å². The van der Waals surface area contributed by atoms with Gasteiger partial charge >= 0.3 is 0 Å². The zero-order chi connectivity index (χ0) is 13.7. The summed E-state index contributed by atoms with van der Waals surface area (Å²) in [4.78, 5) is 13.3.